The smallest absolute Gasteiger partial charge is 0.264 e. The normalized spacial score (nSPS) is 11.3. The number of aryl methyl sites for hydroxylation is 1. The molecule has 0 bridgehead atoms. The molecule has 22 heavy (non-hydrogen) atoms. The van der Waals surface area contributed by atoms with Crippen molar-refractivity contribution in [2.24, 2.45) is 0 Å². The van der Waals surface area contributed by atoms with Gasteiger partial charge in [0.2, 0.25) is 0 Å². The lowest BCUT2D eigenvalue weighted by Gasteiger charge is -2.20. The highest BCUT2D eigenvalue weighted by Crippen LogP contribution is 2.30. The third kappa shape index (κ3) is 3.24. The van der Waals surface area contributed by atoms with E-state index in [1.807, 2.05) is 13.0 Å². The number of benzene rings is 2. The van der Waals surface area contributed by atoms with Gasteiger partial charge in [0.15, 0.2) is 0 Å². The molecule has 0 unspecified atom stereocenters. The largest absolute Gasteiger partial charge is 0.495 e. The number of methoxy groups -OCH3 is 1. The van der Waals surface area contributed by atoms with E-state index in [-0.39, 0.29) is 9.92 Å². The average molecular weight is 405 g/mol. The van der Waals surface area contributed by atoms with E-state index in [1.54, 1.807) is 12.1 Å². The molecule has 2 rings (SSSR count). The van der Waals surface area contributed by atoms with Crippen LogP contribution < -0.4 is 9.04 Å². The molecule has 0 aliphatic heterocycles. The maximum atomic E-state index is 12.7. The molecule has 0 fully saturated rings. The predicted molar refractivity (Wildman–Crippen MR) is 92.5 cm³/mol. The van der Waals surface area contributed by atoms with Crippen LogP contribution in [0.15, 0.2) is 45.8 Å². The van der Waals surface area contributed by atoms with Crippen LogP contribution in [0, 0.1) is 6.92 Å². The standard InChI is InChI=1S/C15H15BrClNO3S/c1-10-8-11(4-6-13(10)16)18(2)22(19,20)12-5-7-15(21-3)14(17)9-12/h4-9H,1-3H3. The van der Waals surface area contributed by atoms with E-state index in [9.17, 15) is 8.42 Å². The Morgan fingerprint density at radius 3 is 2.41 bits per heavy atom. The second-order valence-electron chi connectivity index (χ2n) is 4.70. The quantitative estimate of drug-likeness (QED) is 0.765. The van der Waals surface area contributed by atoms with Crippen LogP contribution in [-0.2, 0) is 10.0 Å². The van der Waals surface area contributed by atoms with E-state index in [0.717, 1.165) is 10.0 Å². The number of hydrogen-bond donors (Lipinski definition) is 0. The molecule has 0 spiro atoms. The number of anilines is 1. The van der Waals surface area contributed by atoms with Crippen molar-refractivity contribution in [1.82, 2.24) is 0 Å². The van der Waals surface area contributed by atoms with Gasteiger partial charge in [0.25, 0.3) is 10.0 Å². The van der Waals surface area contributed by atoms with E-state index in [1.165, 1.54) is 36.7 Å². The fraction of sp³-hybridized carbons (Fsp3) is 0.200. The van der Waals surface area contributed by atoms with Crippen LogP contribution >= 0.6 is 27.5 Å². The molecule has 0 amide bonds. The maximum Gasteiger partial charge on any atom is 0.264 e. The van der Waals surface area contributed by atoms with Crippen molar-refractivity contribution in [1.29, 1.82) is 0 Å². The summed E-state index contributed by atoms with van der Waals surface area (Å²) in [7, 11) is -0.703. The summed E-state index contributed by atoms with van der Waals surface area (Å²) in [6.45, 7) is 1.90. The zero-order chi connectivity index (χ0) is 16.5. The van der Waals surface area contributed by atoms with Gasteiger partial charge < -0.3 is 4.74 Å². The lowest BCUT2D eigenvalue weighted by molar-refractivity contribution is 0.414. The van der Waals surface area contributed by atoms with Crippen LogP contribution in [0.5, 0.6) is 5.75 Å². The summed E-state index contributed by atoms with van der Waals surface area (Å²) in [5.74, 6) is 0.433. The first-order chi connectivity index (χ1) is 10.3. The van der Waals surface area contributed by atoms with Crippen LogP contribution in [0.3, 0.4) is 0 Å². The third-order valence-electron chi connectivity index (χ3n) is 3.29. The van der Waals surface area contributed by atoms with Crippen LogP contribution in [0.2, 0.25) is 5.02 Å². The van der Waals surface area contributed by atoms with Crippen LogP contribution in [0.4, 0.5) is 5.69 Å². The lowest BCUT2D eigenvalue weighted by atomic mass is 10.2. The van der Waals surface area contributed by atoms with E-state index in [4.69, 9.17) is 16.3 Å². The fourth-order valence-electron chi connectivity index (χ4n) is 1.93. The molecule has 2 aromatic carbocycles. The first-order valence-corrected chi connectivity index (χ1v) is 8.97. The summed E-state index contributed by atoms with van der Waals surface area (Å²) in [5.41, 5.74) is 1.53. The molecule has 0 aliphatic carbocycles. The summed E-state index contributed by atoms with van der Waals surface area (Å²) >= 11 is 9.42. The topological polar surface area (TPSA) is 46.6 Å². The molecule has 0 heterocycles. The summed E-state index contributed by atoms with van der Waals surface area (Å²) in [5, 5.41) is 0.254. The van der Waals surface area contributed by atoms with Gasteiger partial charge in [-0.15, -0.1) is 0 Å². The minimum Gasteiger partial charge on any atom is -0.495 e. The molecular formula is C15H15BrClNO3S. The summed E-state index contributed by atoms with van der Waals surface area (Å²) in [6, 6.07) is 9.75. The Morgan fingerprint density at radius 1 is 1.18 bits per heavy atom. The monoisotopic (exact) mass is 403 g/mol. The van der Waals surface area contributed by atoms with Crippen molar-refractivity contribution in [3.05, 3.63) is 51.5 Å². The van der Waals surface area contributed by atoms with Gasteiger partial charge in [-0.25, -0.2) is 8.42 Å². The van der Waals surface area contributed by atoms with Crippen LogP contribution in [0.25, 0.3) is 0 Å². The summed E-state index contributed by atoms with van der Waals surface area (Å²) in [6.07, 6.45) is 0. The number of sulfonamides is 1. The molecule has 118 valence electrons. The summed E-state index contributed by atoms with van der Waals surface area (Å²) < 4.78 is 32.6. The summed E-state index contributed by atoms with van der Waals surface area (Å²) in [4.78, 5) is 0.112. The predicted octanol–water partition coefficient (Wildman–Crippen LogP) is 4.24. The number of rotatable bonds is 4. The highest BCUT2D eigenvalue weighted by Gasteiger charge is 2.22. The van der Waals surface area contributed by atoms with Crippen molar-refractivity contribution in [3.8, 4) is 5.75 Å². The van der Waals surface area contributed by atoms with Crippen molar-refractivity contribution in [3.63, 3.8) is 0 Å². The van der Waals surface area contributed by atoms with E-state index in [0.29, 0.717) is 11.4 Å². The molecule has 0 aliphatic rings. The minimum atomic E-state index is -3.69. The van der Waals surface area contributed by atoms with Gasteiger partial charge in [-0.2, -0.15) is 0 Å². The first-order valence-electron chi connectivity index (χ1n) is 6.36. The second-order valence-corrected chi connectivity index (χ2v) is 7.93. The fourth-order valence-corrected chi connectivity index (χ4v) is 3.71. The van der Waals surface area contributed by atoms with E-state index in [2.05, 4.69) is 15.9 Å². The van der Waals surface area contributed by atoms with Crippen molar-refractivity contribution in [2.45, 2.75) is 11.8 Å². The Morgan fingerprint density at radius 2 is 1.86 bits per heavy atom. The number of hydrogen-bond acceptors (Lipinski definition) is 3. The molecule has 4 nitrogen and oxygen atoms in total. The maximum absolute atomic E-state index is 12.7. The van der Waals surface area contributed by atoms with Gasteiger partial charge in [-0.05, 0) is 48.9 Å². The zero-order valence-electron chi connectivity index (χ0n) is 12.3. The van der Waals surface area contributed by atoms with E-state index >= 15 is 0 Å². The van der Waals surface area contributed by atoms with Crippen LogP contribution in [-0.4, -0.2) is 22.6 Å². The third-order valence-corrected chi connectivity index (χ3v) is 6.25. The van der Waals surface area contributed by atoms with E-state index < -0.39 is 10.0 Å². The van der Waals surface area contributed by atoms with Gasteiger partial charge in [0, 0.05) is 11.5 Å². The average Bonchev–Trinajstić information content (AvgIpc) is 2.49. The van der Waals surface area contributed by atoms with Gasteiger partial charge in [0.05, 0.1) is 22.7 Å². The zero-order valence-corrected chi connectivity index (χ0v) is 15.5. The van der Waals surface area contributed by atoms with Crippen molar-refractivity contribution in [2.75, 3.05) is 18.5 Å². The van der Waals surface area contributed by atoms with Gasteiger partial charge in [0.1, 0.15) is 5.75 Å². The Balaban J connectivity index is 2.44. The second kappa shape index (κ2) is 6.48. The first kappa shape index (κ1) is 17.1. The number of ether oxygens (including phenoxy) is 1. The molecule has 0 N–H and O–H groups in total. The molecule has 0 atom stereocenters. The molecule has 0 radical (unpaired) electrons. The number of nitrogens with zero attached hydrogens (tertiary/aromatic N) is 1. The van der Waals surface area contributed by atoms with Crippen molar-refractivity contribution < 1.29 is 13.2 Å². The molecule has 0 saturated heterocycles. The minimum absolute atomic E-state index is 0.112. The molecule has 7 heteroatoms. The van der Waals surface area contributed by atoms with Gasteiger partial charge in [-0.3, -0.25) is 4.31 Å². The van der Waals surface area contributed by atoms with Gasteiger partial charge in [-0.1, -0.05) is 27.5 Å². The highest BCUT2D eigenvalue weighted by atomic mass is 79.9. The Bertz CT molecular complexity index is 808. The Kier molecular flexibility index (Phi) is 5.04. The van der Waals surface area contributed by atoms with Gasteiger partial charge >= 0.3 is 0 Å². The molecule has 0 saturated carbocycles. The Hall–Kier alpha value is -1.24. The molecule has 0 aromatic heterocycles. The number of halogens is 2. The van der Waals surface area contributed by atoms with Crippen molar-refractivity contribution >= 4 is 43.2 Å². The SMILES string of the molecule is COc1ccc(S(=O)(=O)N(C)c2ccc(Br)c(C)c2)cc1Cl. The van der Waals surface area contributed by atoms with Crippen LogP contribution in [0.1, 0.15) is 5.56 Å². The molecular weight excluding hydrogens is 390 g/mol. The molecule has 2 aromatic rings. The highest BCUT2D eigenvalue weighted by molar-refractivity contribution is 9.10. The Labute approximate surface area is 143 Å². The lowest BCUT2D eigenvalue weighted by Crippen LogP contribution is -2.26.